The fraction of sp³-hybridized carbons (Fsp3) is 0.278. The van der Waals surface area contributed by atoms with Crippen molar-refractivity contribution in [2.75, 3.05) is 26.7 Å². The Labute approximate surface area is 170 Å². The van der Waals surface area contributed by atoms with E-state index in [-0.39, 0.29) is 34.4 Å². The van der Waals surface area contributed by atoms with Crippen molar-refractivity contribution in [2.24, 2.45) is 0 Å². The summed E-state index contributed by atoms with van der Waals surface area (Å²) in [5.74, 6) is 0.619. The van der Waals surface area contributed by atoms with E-state index >= 15 is 0 Å². The maximum Gasteiger partial charge on any atom is 0.245 e. The fourth-order valence-electron chi connectivity index (χ4n) is 3.13. The number of rotatable bonds is 4. The summed E-state index contributed by atoms with van der Waals surface area (Å²) in [5.41, 5.74) is 0.734. The molecule has 6 nitrogen and oxygen atoms in total. The molecule has 2 aromatic carbocycles. The summed E-state index contributed by atoms with van der Waals surface area (Å²) in [5, 5.41) is 12.7. The van der Waals surface area contributed by atoms with Crippen molar-refractivity contribution in [1.29, 1.82) is 5.26 Å². The molecule has 0 spiro atoms. The fourth-order valence-corrected chi connectivity index (χ4v) is 5.18. The molecule has 2 aromatic rings. The van der Waals surface area contributed by atoms with E-state index in [1.54, 1.807) is 13.2 Å². The molecule has 27 heavy (non-hydrogen) atoms. The van der Waals surface area contributed by atoms with Gasteiger partial charge in [0, 0.05) is 25.2 Å². The van der Waals surface area contributed by atoms with E-state index in [2.05, 4.69) is 5.32 Å². The van der Waals surface area contributed by atoms with Crippen LogP contribution in [0.15, 0.2) is 47.4 Å². The van der Waals surface area contributed by atoms with Crippen LogP contribution in [0.25, 0.3) is 0 Å². The molecule has 1 aliphatic heterocycles. The van der Waals surface area contributed by atoms with Crippen molar-refractivity contribution in [1.82, 2.24) is 9.62 Å². The molecular weight excluding hydrogens is 409 g/mol. The SMILES string of the molecule is COc1ccccc1C1CNCCN1S(=O)(=O)c1cccc(Cl)c1C#N.Cl. The standard InChI is InChI=1S/C18H18ClN3O3S.ClH/c1-25-17-7-3-2-5-13(17)16-12-21-9-10-22(16)26(23,24)18-8-4-6-15(19)14(18)11-20;/h2-8,16,21H,9-10,12H2,1H3;1H. The second-order valence-electron chi connectivity index (χ2n) is 5.80. The Morgan fingerprint density at radius 2 is 2.00 bits per heavy atom. The van der Waals surface area contributed by atoms with Crippen LogP contribution in [0, 0.1) is 11.3 Å². The molecule has 1 unspecified atom stereocenters. The van der Waals surface area contributed by atoms with Gasteiger partial charge in [-0.2, -0.15) is 9.57 Å². The molecule has 0 aromatic heterocycles. The predicted octanol–water partition coefficient (Wildman–Crippen LogP) is 2.98. The summed E-state index contributed by atoms with van der Waals surface area (Å²) in [7, 11) is -2.36. The number of nitriles is 1. The van der Waals surface area contributed by atoms with Crippen LogP contribution < -0.4 is 10.1 Å². The largest absolute Gasteiger partial charge is 0.496 e. The molecule has 3 rings (SSSR count). The van der Waals surface area contributed by atoms with Crippen molar-refractivity contribution in [2.45, 2.75) is 10.9 Å². The van der Waals surface area contributed by atoms with Crippen LogP contribution in [0.5, 0.6) is 5.75 Å². The van der Waals surface area contributed by atoms with E-state index in [0.717, 1.165) is 5.56 Å². The molecular formula is C18H19Cl2N3O3S. The van der Waals surface area contributed by atoms with Crippen molar-refractivity contribution in [3.8, 4) is 11.8 Å². The van der Waals surface area contributed by atoms with Gasteiger partial charge in [-0.05, 0) is 18.2 Å². The van der Waals surface area contributed by atoms with Crippen LogP contribution >= 0.6 is 24.0 Å². The predicted molar refractivity (Wildman–Crippen MR) is 106 cm³/mol. The Balaban J connectivity index is 0.00000261. The van der Waals surface area contributed by atoms with Crippen molar-refractivity contribution in [3.05, 3.63) is 58.6 Å². The van der Waals surface area contributed by atoms with Crippen molar-refractivity contribution in [3.63, 3.8) is 0 Å². The van der Waals surface area contributed by atoms with Gasteiger partial charge in [-0.15, -0.1) is 12.4 Å². The Kier molecular flexibility index (Phi) is 7.09. The summed E-state index contributed by atoms with van der Waals surface area (Å²) >= 11 is 6.04. The Bertz CT molecular complexity index is 961. The second kappa shape index (κ2) is 8.91. The number of nitrogens with one attached hydrogen (secondary N) is 1. The molecule has 1 fully saturated rings. The van der Waals surface area contributed by atoms with Gasteiger partial charge in [-0.3, -0.25) is 0 Å². The van der Waals surface area contributed by atoms with Gasteiger partial charge in [-0.25, -0.2) is 8.42 Å². The van der Waals surface area contributed by atoms with Crippen molar-refractivity contribution >= 4 is 34.0 Å². The molecule has 0 bridgehead atoms. The molecule has 1 atom stereocenters. The number of hydrogen-bond acceptors (Lipinski definition) is 5. The van der Waals surface area contributed by atoms with Gasteiger partial charge >= 0.3 is 0 Å². The molecule has 0 saturated carbocycles. The number of hydrogen-bond donors (Lipinski definition) is 1. The monoisotopic (exact) mass is 427 g/mol. The maximum atomic E-state index is 13.4. The van der Waals surface area contributed by atoms with Crippen LogP contribution in [-0.4, -0.2) is 39.5 Å². The van der Waals surface area contributed by atoms with E-state index in [4.69, 9.17) is 16.3 Å². The topological polar surface area (TPSA) is 82.4 Å². The van der Waals surface area contributed by atoms with Crippen LogP contribution in [0.4, 0.5) is 0 Å². The quantitative estimate of drug-likeness (QED) is 0.810. The van der Waals surface area contributed by atoms with Gasteiger partial charge < -0.3 is 10.1 Å². The highest BCUT2D eigenvalue weighted by molar-refractivity contribution is 7.89. The number of ether oxygens (including phenoxy) is 1. The number of sulfonamides is 1. The van der Waals surface area contributed by atoms with Gasteiger partial charge in [-0.1, -0.05) is 35.9 Å². The number of benzene rings is 2. The summed E-state index contributed by atoms with van der Waals surface area (Å²) in [6, 6.07) is 13.3. The molecule has 0 radical (unpaired) electrons. The average Bonchev–Trinajstić information content (AvgIpc) is 2.67. The van der Waals surface area contributed by atoms with Crippen LogP contribution in [0.3, 0.4) is 0 Å². The lowest BCUT2D eigenvalue weighted by Crippen LogP contribution is -2.48. The van der Waals surface area contributed by atoms with Gasteiger partial charge in [0.15, 0.2) is 0 Å². The minimum Gasteiger partial charge on any atom is -0.496 e. The first-order valence-corrected chi connectivity index (χ1v) is 9.86. The van der Waals surface area contributed by atoms with Crippen LogP contribution in [-0.2, 0) is 10.0 Å². The van der Waals surface area contributed by atoms with E-state index in [0.29, 0.717) is 18.8 Å². The number of nitrogens with zero attached hydrogens (tertiary/aromatic N) is 2. The van der Waals surface area contributed by atoms with E-state index in [1.165, 1.54) is 22.5 Å². The highest BCUT2D eigenvalue weighted by atomic mass is 35.5. The van der Waals surface area contributed by atoms with Gasteiger partial charge in [0.1, 0.15) is 16.7 Å². The lowest BCUT2D eigenvalue weighted by molar-refractivity contribution is 0.264. The van der Waals surface area contributed by atoms with Crippen molar-refractivity contribution < 1.29 is 13.2 Å². The summed E-state index contributed by atoms with van der Waals surface area (Å²) in [6.45, 7) is 1.25. The Morgan fingerprint density at radius 3 is 2.70 bits per heavy atom. The van der Waals surface area contributed by atoms with Gasteiger partial charge in [0.25, 0.3) is 0 Å². The number of halogens is 2. The summed E-state index contributed by atoms with van der Waals surface area (Å²) in [6.07, 6.45) is 0. The van der Waals surface area contributed by atoms with Crippen LogP contribution in [0.1, 0.15) is 17.2 Å². The zero-order valence-electron chi connectivity index (χ0n) is 14.6. The normalized spacial score (nSPS) is 17.6. The molecule has 1 N–H and O–H groups in total. The maximum absolute atomic E-state index is 13.4. The molecule has 1 heterocycles. The van der Waals surface area contributed by atoms with Gasteiger partial charge in [0.05, 0.1) is 23.7 Å². The van der Waals surface area contributed by atoms with E-state index < -0.39 is 16.1 Å². The first-order chi connectivity index (χ1) is 12.5. The zero-order valence-corrected chi connectivity index (χ0v) is 16.9. The minimum atomic E-state index is -3.92. The lowest BCUT2D eigenvalue weighted by Gasteiger charge is -2.36. The molecule has 144 valence electrons. The third kappa shape index (κ3) is 4.05. The highest BCUT2D eigenvalue weighted by Gasteiger charge is 2.37. The minimum absolute atomic E-state index is 0. The molecule has 0 amide bonds. The molecule has 0 aliphatic carbocycles. The zero-order chi connectivity index (χ0) is 18.7. The lowest BCUT2D eigenvalue weighted by atomic mass is 10.0. The van der Waals surface area contributed by atoms with E-state index in [1.807, 2.05) is 24.3 Å². The number of piperazine rings is 1. The molecule has 1 aliphatic rings. The Morgan fingerprint density at radius 1 is 1.26 bits per heavy atom. The average molecular weight is 428 g/mol. The first kappa shape index (κ1) is 21.5. The van der Waals surface area contributed by atoms with Crippen LogP contribution in [0.2, 0.25) is 5.02 Å². The smallest absolute Gasteiger partial charge is 0.245 e. The van der Waals surface area contributed by atoms with E-state index in [9.17, 15) is 13.7 Å². The third-order valence-corrected chi connectivity index (χ3v) is 6.63. The highest BCUT2D eigenvalue weighted by Crippen LogP contribution is 2.35. The molecule has 9 heteroatoms. The first-order valence-electron chi connectivity index (χ1n) is 8.04. The summed E-state index contributed by atoms with van der Waals surface area (Å²) in [4.78, 5) is -0.0747. The third-order valence-electron chi connectivity index (χ3n) is 4.37. The molecule has 1 saturated heterocycles. The number of para-hydroxylation sites is 1. The summed E-state index contributed by atoms with van der Waals surface area (Å²) < 4.78 is 33.5. The number of methoxy groups -OCH3 is 1. The Hall–Kier alpha value is -1.82. The second-order valence-corrected chi connectivity index (χ2v) is 8.07. The van der Waals surface area contributed by atoms with Gasteiger partial charge in [0.2, 0.25) is 10.0 Å².